The number of nitrogens with two attached hydrogens (primary N) is 1. The lowest BCUT2D eigenvalue weighted by molar-refractivity contribution is -0.270. The van der Waals surface area contributed by atoms with E-state index in [1.54, 1.807) is 0 Å². The highest BCUT2D eigenvalue weighted by Gasteiger charge is 2.37. The maximum absolute atomic E-state index is 9.64. The van der Waals surface area contributed by atoms with Crippen molar-refractivity contribution in [2.75, 3.05) is 19.8 Å². The highest BCUT2D eigenvalue weighted by atomic mass is 16.7. The van der Waals surface area contributed by atoms with Gasteiger partial charge in [0, 0.05) is 6.61 Å². The number of ether oxygens (including phenoxy) is 2. The third-order valence-corrected chi connectivity index (χ3v) is 3.33. The molecule has 0 aromatic heterocycles. The molecule has 6 heteroatoms. The van der Waals surface area contributed by atoms with E-state index in [0.717, 1.165) is 32.2 Å². The Kier molecular flexibility index (Phi) is 8.52. The number of hydrogen-bond donors (Lipinski definition) is 4. The molecule has 0 amide bonds. The largest absolute Gasteiger partial charge is 0.388 e. The average Bonchev–Trinajstić information content (AvgIpc) is 2.41. The Hall–Kier alpha value is -0.240. The van der Waals surface area contributed by atoms with Crippen molar-refractivity contribution in [3.63, 3.8) is 0 Å². The van der Waals surface area contributed by atoms with Crippen molar-refractivity contribution in [1.82, 2.24) is 0 Å². The molecular weight excluding hydrogens is 250 g/mol. The zero-order valence-electron chi connectivity index (χ0n) is 11.4. The lowest BCUT2D eigenvalue weighted by atomic mass is 10.1. The number of unbranched alkanes of at least 4 members (excludes halogenated alkanes) is 5. The van der Waals surface area contributed by atoms with Crippen molar-refractivity contribution in [1.29, 1.82) is 0 Å². The summed E-state index contributed by atoms with van der Waals surface area (Å²) in [5, 5.41) is 28.4. The summed E-state index contributed by atoms with van der Waals surface area (Å²) in [6.45, 7) is 1.23. The maximum atomic E-state index is 9.64. The molecule has 0 aromatic carbocycles. The minimum Gasteiger partial charge on any atom is -0.388 e. The zero-order chi connectivity index (χ0) is 14.1. The lowest BCUT2D eigenvalue weighted by Gasteiger charge is -2.34. The van der Waals surface area contributed by atoms with E-state index in [1.165, 1.54) is 12.8 Å². The molecule has 0 bridgehead atoms. The van der Waals surface area contributed by atoms with Crippen molar-refractivity contribution in [2.45, 2.75) is 63.1 Å². The van der Waals surface area contributed by atoms with Gasteiger partial charge in [0.25, 0.3) is 0 Å². The molecule has 0 aromatic rings. The standard InChI is InChI=1S/C13H27NO5/c14-7-5-3-1-2-4-6-8-18-13-12(17)11(16)10(15)9-19-13/h10-13,15-17H,1-9,14H2/t10-,11+,12-,13+/m1/s1. The van der Waals surface area contributed by atoms with Crippen molar-refractivity contribution in [2.24, 2.45) is 5.73 Å². The molecule has 0 spiro atoms. The van der Waals surface area contributed by atoms with Gasteiger partial charge in [-0.15, -0.1) is 0 Å². The van der Waals surface area contributed by atoms with E-state index in [4.69, 9.17) is 15.2 Å². The van der Waals surface area contributed by atoms with Crippen LogP contribution in [0.2, 0.25) is 0 Å². The average molecular weight is 277 g/mol. The fourth-order valence-electron chi connectivity index (χ4n) is 2.08. The van der Waals surface area contributed by atoms with Crippen molar-refractivity contribution in [3.05, 3.63) is 0 Å². The number of hydrogen-bond acceptors (Lipinski definition) is 6. The first-order valence-corrected chi connectivity index (χ1v) is 7.14. The second-order valence-corrected chi connectivity index (χ2v) is 5.03. The van der Waals surface area contributed by atoms with Gasteiger partial charge in [-0.05, 0) is 19.4 Å². The van der Waals surface area contributed by atoms with E-state index in [2.05, 4.69) is 0 Å². The minimum absolute atomic E-state index is 0.0119. The Balaban J connectivity index is 2.00. The van der Waals surface area contributed by atoms with E-state index < -0.39 is 24.6 Å². The van der Waals surface area contributed by atoms with Crippen LogP contribution in [0.5, 0.6) is 0 Å². The summed E-state index contributed by atoms with van der Waals surface area (Å²) < 4.78 is 10.5. The first kappa shape index (κ1) is 16.8. The van der Waals surface area contributed by atoms with E-state index in [0.29, 0.717) is 6.61 Å². The molecule has 19 heavy (non-hydrogen) atoms. The van der Waals surface area contributed by atoms with E-state index in [1.807, 2.05) is 0 Å². The summed E-state index contributed by atoms with van der Waals surface area (Å²) in [6, 6.07) is 0. The fraction of sp³-hybridized carbons (Fsp3) is 1.00. The van der Waals surface area contributed by atoms with Crippen LogP contribution in [0.3, 0.4) is 0 Å². The molecule has 1 aliphatic rings. The summed E-state index contributed by atoms with van der Waals surface area (Å²) in [6.07, 6.45) is 2.29. The number of rotatable bonds is 9. The number of aliphatic hydroxyl groups excluding tert-OH is 3. The predicted molar refractivity (Wildman–Crippen MR) is 70.5 cm³/mol. The molecule has 4 atom stereocenters. The molecule has 0 saturated carbocycles. The Morgan fingerprint density at radius 1 is 0.947 bits per heavy atom. The molecule has 1 heterocycles. The molecule has 1 rings (SSSR count). The van der Waals surface area contributed by atoms with Gasteiger partial charge in [0.1, 0.15) is 18.3 Å². The minimum atomic E-state index is -1.20. The molecule has 6 nitrogen and oxygen atoms in total. The molecule has 0 radical (unpaired) electrons. The summed E-state index contributed by atoms with van der Waals surface area (Å²) in [7, 11) is 0. The van der Waals surface area contributed by atoms with Gasteiger partial charge < -0.3 is 30.5 Å². The highest BCUT2D eigenvalue weighted by molar-refractivity contribution is 4.82. The van der Waals surface area contributed by atoms with Gasteiger partial charge in [-0.25, -0.2) is 0 Å². The zero-order valence-corrected chi connectivity index (χ0v) is 11.4. The van der Waals surface area contributed by atoms with Gasteiger partial charge >= 0.3 is 0 Å². The lowest BCUT2D eigenvalue weighted by Crippen LogP contribution is -2.53. The SMILES string of the molecule is NCCCCCCCCO[C@H]1OC[C@@H](O)[C@H](O)[C@H]1O. The smallest absolute Gasteiger partial charge is 0.186 e. The monoisotopic (exact) mass is 277 g/mol. The Bertz CT molecular complexity index is 229. The third kappa shape index (κ3) is 6.16. The normalized spacial score (nSPS) is 31.6. The Labute approximate surface area is 114 Å². The van der Waals surface area contributed by atoms with Crippen LogP contribution in [0.4, 0.5) is 0 Å². The van der Waals surface area contributed by atoms with Crippen LogP contribution in [0.15, 0.2) is 0 Å². The van der Waals surface area contributed by atoms with Crippen LogP contribution in [-0.4, -0.2) is 59.7 Å². The van der Waals surface area contributed by atoms with Crippen LogP contribution in [0.1, 0.15) is 38.5 Å². The predicted octanol–water partition coefficient (Wildman–Crippen LogP) is -0.259. The molecular formula is C13H27NO5. The van der Waals surface area contributed by atoms with E-state index in [-0.39, 0.29) is 6.61 Å². The van der Waals surface area contributed by atoms with E-state index >= 15 is 0 Å². The highest BCUT2D eigenvalue weighted by Crippen LogP contribution is 2.17. The quantitative estimate of drug-likeness (QED) is 0.433. The van der Waals surface area contributed by atoms with Crippen molar-refractivity contribution < 1.29 is 24.8 Å². The molecule has 0 aliphatic carbocycles. The second-order valence-electron chi connectivity index (χ2n) is 5.03. The molecule has 0 unspecified atom stereocenters. The van der Waals surface area contributed by atoms with Crippen LogP contribution >= 0.6 is 0 Å². The van der Waals surface area contributed by atoms with Gasteiger partial charge in [-0.1, -0.05) is 25.7 Å². The van der Waals surface area contributed by atoms with Crippen LogP contribution in [0.25, 0.3) is 0 Å². The molecule has 1 fully saturated rings. The molecule has 5 N–H and O–H groups in total. The van der Waals surface area contributed by atoms with Crippen LogP contribution in [-0.2, 0) is 9.47 Å². The summed E-state index contributed by atoms with van der Waals surface area (Å²) in [4.78, 5) is 0. The van der Waals surface area contributed by atoms with Gasteiger partial charge in [0.15, 0.2) is 6.29 Å². The van der Waals surface area contributed by atoms with Gasteiger partial charge in [0.2, 0.25) is 0 Å². The molecule has 1 saturated heterocycles. The van der Waals surface area contributed by atoms with E-state index in [9.17, 15) is 15.3 Å². The Morgan fingerprint density at radius 2 is 1.58 bits per heavy atom. The first-order valence-electron chi connectivity index (χ1n) is 7.14. The summed E-state index contributed by atoms with van der Waals surface area (Å²) in [5.74, 6) is 0. The Morgan fingerprint density at radius 3 is 2.26 bits per heavy atom. The van der Waals surface area contributed by atoms with Gasteiger partial charge in [-0.3, -0.25) is 0 Å². The van der Waals surface area contributed by atoms with Gasteiger partial charge in [-0.2, -0.15) is 0 Å². The first-order chi connectivity index (χ1) is 9.16. The van der Waals surface area contributed by atoms with Crippen LogP contribution in [0, 0.1) is 0 Å². The van der Waals surface area contributed by atoms with Crippen molar-refractivity contribution in [3.8, 4) is 0 Å². The van der Waals surface area contributed by atoms with Crippen molar-refractivity contribution >= 4 is 0 Å². The second kappa shape index (κ2) is 9.63. The topological polar surface area (TPSA) is 105 Å². The fourth-order valence-corrected chi connectivity index (χ4v) is 2.08. The summed E-state index contributed by atoms with van der Waals surface area (Å²) in [5.41, 5.74) is 5.41. The number of aliphatic hydroxyl groups is 3. The van der Waals surface area contributed by atoms with Gasteiger partial charge in [0.05, 0.1) is 6.61 Å². The van der Waals surface area contributed by atoms with Crippen LogP contribution < -0.4 is 5.73 Å². The maximum Gasteiger partial charge on any atom is 0.186 e. The third-order valence-electron chi connectivity index (χ3n) is 3.33. The molecule has 114 valence electrons. The molecule has 1 aliphatic heterocycles. The summed E-state index contributed by atoms with van der Waals surface area (Å²) >= 11 is 0.